The Morgan fingerprint density at radius 2 is 1.75 bits per heavy atom. The summed E-state index contributed by atoms with van der Waals surface area (Å²) in [5.74, 6) is 0.860. The molecule has 0 aromatic heterocycles. The fourth-order valence-corrected chi connectivity index (χ4v) is 2.38. The molecule has 2 rings (SSSR count). The van der Waals surface area contributed by atoms with E-state index in [1.807, 2.05) is 61.6 Å². The van der Waals surface area contributed by atoms with Crippen molar-refractivity contribution in [3.8, 4) is 0 Å². The van der Waals surface area contributed by atoms with Crippen LogP contribution in [-0.2, 0) is 5.75 Å². The molecular formula is C16H18N2OS. The minimum absolute atomic E-state index is 0.105. The average Bonchev–Trinajstić information content (AvgIpc) is 2.49. The number of rotatable bonds is 5. The van der Waals surface area contributed by atoms with Crippen LogP contribution in [0.15, 0.2) is 54.6 Å². The molecule has 0 aliphatic carbocycles. The summed E-state index contributed by atoms with van der Waals surface area (Å²) in [5, 5.41) is 1.72. The predicted octanol–water partition coefficient (Wildman–Crippen LogP) is 3.33. The lowest BCUT2D eigenvalue weighted by atomic mass is 10.1. The molecule has 0 atom stereocenters. The van der Waals surface area contributed by atoms with Crippen LogP contribution in [0.25, 0.3) is 0 Å². The number of anilines is 1. The van der Waals surface area contributed by atoms with E-state index in [9.17, 15) is 4.79 Å². The van der Waals surface area contributed by atoms with Crippen molar-refractivity contribution in [1.29, 1.82) is 0 Å². The number of benzene rings is 2. The van der Waals surface area contributed by atoms with Crippen LogP contribution in [0, 0.1) is 0 Å². The summed E-state index contributed by atoms with van der Waals surface area (Å²) in [4.78, 5) is 12.1. The summed E-state index contributed by atoms with van der Waals surface area (Å²) in [6, 6.07) is 17.4. The van der Waals surface area contributed by atoms with E-state index >= 15 is 0 Å². The molecule has 2 aromatic rings. The fraction of sp³-hybridized carbons (Fsp3) is 0.188. The van der Waals surface area contributed by atoms with E-state index in [1.54, 1.807) is 16.8 Å². The predicted molar refractivity (Wildman–Crippen MR) is 86.0 cm³/mol. The number of thioether (sulfide) groups is 1. The molecule has 0 bridgehead atoms. The van der Waals surface area contributed by atoms with Crippen molar-refractivity contribution in [3.63, 3.8) is 0 Å². The third-order valence-electron chi connectivity index (χ3n) is 2.94. The maximum absolute atomic E-state index is 12.1. The van der Waals surface area contributed by atoms with Crippen molar-refractivity contribution in [2.75, 3.05) is 18.3 Å². The van der Waals surface area contributed by atoms with Crippen LogP contribution >= 0.6 is 11.8 Å². The molecular weight excluding hydrogens is 268 g/mol. The van der Waals surface area contributed by atoms with Crippen molar-refractivity contribution in [2.24, 2.45) is 0 Å². The van der Waals surface area contributed by atoms with Gasteiger partial charge in [0, 0.05) is 18.4 Å². The lowest BCUT2D eigenvalue weighted by Crippen LogP contribution is -2.39. The second kappa shape index (κ2) is 7.01. The van der Waals surface area contributed by atoms with E-state index in [2.05, 4.69) is 11.7 Å². The largest absolute Gasteiger partial charge is 0.288 e. The van der Waals surface area contributed by atoms with Crippen LogP contribution in [0.4, 0.5) is 5.69 Å². The molecule has 0 aliphatic rings. The maximum Gasteiger partial charge on any atom is 0.269 e. The van der Waals surface area contributed by atoms with Crippen LogP contribution in [0.2, 0.25) is 0 Å². The summed E-state index contributed by atoms with van der Waals surface area (Å²) in [6.45, 7) is 0. The molecule has 4 heteroatoms. The van der Waals surface area contributed by atoms with Gasteiger partial charge in [-0.1, -0.05) is 30.3 Å². The molecule has 0 radical (unpaired) electrons. The average molecular weight is 286 g/mol. The van der Waals surface area contributed by atoms with Crippen LogP contribution < -0.4 is 10.4 Å². The molecule has 0 aliphatic heterocycles. The zero-order valence-corrected chi connectivity index (χ0v) is 12.5. The van der Waals surface area contributed by atoms with Gasteiger partial charge in [0.25, 0.3) is 5.91 Å². The quantitative estimate of drug-likeness (QED) is 0.856. The van der Waals surface area contributed by atoms with Crippen LogP contribution in [0.5, 0.6) is 0 Å². The Morgan fingerprint density at radius 1 is 1.10 bits per heavy atom. The number of nitrogens with zero attached hydrogens (tertiary/aromatic N) is 1. The second-order valence-electron chi connectivity index (χ2n) is 4.47. The zero-order chi connectivity index (χ0) is 14.4. The maximum atomic E-state index is 12.1. The fourth-order valence-electron chi connectivity index (χ4n) is 1.85. The Labute approximate surface area is 124 Å². The summed E-state index contributed by atoms with van der Waals surface area (Å²) < 4.78 is 0. The molecule has 0 saturated carbocycles. The minimum Gasteiger partial charge on any atom is -0.288 e. The molecule has 0 spiro atoms. The monoisotopic (exact) mass is 286 g/mol. The van der Waals surface area contributed by atoms with Crippen LogP contribution in [0.3, 0.4) is 0 Å². The van der Waals surface area contributed by atoms with Crippen molar-refractivity contribution < 1.29 is 4.79 Å². The second-order valence-corrected chi connectivity index (χ2v) is 5.33. The number of hydrazine groups is 1. The van der Waals surface area contributed by atoms with E-state index in [0.717, 1.165) is 11.4 Å². The Morgan fingerprint density at radius 3 is 2.35 bits per heavy atom. The molecule has 0 fully saturated rings. The Kier molecular flexibility index (Phi) is 5.07. The van der Waals surface area contributed by atoms with Gasteiger partial charge < -0.3 is 0 Å². The first-order valence-electron chi connectivity index (χ1n) is 6.38. The number of hydrogen-bond donors (Lipinski definition) is 1. The number of carbonyl (C=O) groups excluding carboxylic acids is 1. The normalized spacial score (nSPS) is 10.1. The highest BCUT2D eigenvalue weighted by molar-refractivity contribution is 7.97. The highest BCUT2D eigenvalue weighted by Gasteiger charge is 2.08. The van der Waals surface area contributed by atoms with Crippen LogP contribution in [0.1, 0.15) is 15.9 Å². The van der Waals surface area contributed by atoms with E-state index in [0.29, 0.717) is 5.56 Å². The van der Waals surface area contributed by atoms with Gasteiger partial charge in [-0.25, -0.2) is 0 Å². The standard InChI is InChI=1S/C16H18N2OS/c1-18(15-6-4-3-5-7-15)17-16(19)14-10-8-13(9-11-14)12-20-2/h3-11H,12H2,1-2H3,(H,17,19). The Bertz CT molecular complexity index is 554. The minimum atomic E-state index is -0.105. The van der Waals surface area contributed by atoms with Gasteiger partial charge >= 0.3 is 0 Å². The number of para-hydroxylation sites is 1. The summed E-state index contributed by atoms with van der Waals surface area (Å²) in [6.07, 6.45) is 2.06. The molecule has 1 N–H and O–H groups in total. The van der Waals surface area contributed by atoms with Gasteiger partial charge in [0.15, 0.2) is 0 Å². The van der Waals surface area contributed by atoms with Crippen molar-refractivity contribution in [1.82, 2.24) is 5.43 Å². The van der Waals surface area contributed by atoms with E-state index in [-0.39, 0.29) is 5.91 Å². The molecule has 20 heavy (non-hydrogen) atoms. The number of nitrogens with one attached hydrogen (secondary N) is 1. The molecule has 0 unspecified atom stereocenters. The lowest BCUT2D eigenvalue weighted by Gasteiger charge is -2.20. The van der Waals surface area contributed by atoms with Gasteiger partial charge in [-0.3, -0.25) is 15.2 Å². The van der Waals surface area contributed by atoms with Crippen molar-refractivity contribution >= 4 is 23.4 Å². The topological polar surface area (TPSA) is 32.3 Å². The van der Waals surface area contributed by atoms with Crippen LogP contribution in [-0.4, -0.2) is 19.2 Å². The van der Waals surface area contributed by atoms with Gasteiger partial charge in [-0.2, -0.15) is 11.8 Å². The van der Waals surface area contributed by atoms with E-state index < -0.39 is 0 Å². The highest BCUT2D eigenvalue weighted by atomic mass is 32.2. The smallest absolute Gasteiger partial charge is 0.269 e. The van der Waals surface area contributed by atoms with Gasteiger partial charge in [-0.05, 0) is 36.1 Å². The van der Waals surface area contributed by atoms with E-state index in [4.69, 9.17) is 0 Å². The van der Waals surface area contributed by atoms with Gasteiger partial charge in [0.05, 0.1) is 5.69 Å². The van der Waals surface area contributed by atoms with Gasteiger partial charge in [-0.15, -0.1) is 0 Å². The Hall–Kier alpha value is -1.94. The molecule has 0 saturated heterocycles. The van der Waals surface area contributed by atoms with E-state index in [1.165, 1.54) is 5.56 Å². The summed E-state index contributed by atoms with van der Waals surface area (Å²) in [5.41, 5.74) is 5.69. The summed E-state index contributed by atoms with van der Waals surface area (Å²) in [7, 11) is 1.83. The number of carbonyl (C=O) groups is 1. The van der Waals surface area contributed by atoms with Gasteiger partial charge in [0.1, 0.15) is 0 Å². The number of amides is 1. The van der Waals surface area contributed by atoms with Gasteiger partial charge in [0.2, 0.25) is 0 Å². The lowest BCUT2D eigenvalue weighted by molar-refractivity contribution is 0.0951. The summed E-state index contributed by atoms with van der Waals surface area (Å²) >= 11 is 1.77. The molecule has 104 valence electrons. The first-order chi connectivity index (χ1) is 9.70. The molecule has 3 nitrogen and oxygen atoms in total. The highest BCUT2D eigenvalue weighted by Crippen LogP contribution is 2.12. The van der Waals surface area contributed by atoms with Crippen molar-refractivity contribution in [3.05, 3.63) is 65.7 Å². The van der Waals surface area contributed by atoms with Crippen molar-refractivity contribution in [2.45, 2.75) is 5.75 Å². The molecule has 1 amide bonds. The molecule has 2 aromatic carbocycles. The first kappa shape index (κ1) is 14.5. The number of hydrogen-bond acceptors (Lipinski definition) is 3. The molecule has 0 heterocycles. The first-order valence-corrected chi connectivity index (χ1v) is 7.77. The Balaban J connectivity index is 2.01. The third kappa shape index (κ3) is 3.78. The zero-order valence-electron chi connectivity index (χ0n) is 11.7. The third-order valence-corrected chi connectivity index (χ3v) is 3.56. The SMILES string of the molecule is CSCc1ccc(C(=O)NN(C)c2ccccc2)cc1.